The first-order chi connectivity index (χ1) is 10.1. The van der Waals surface area contributed by atoms with Crippen LogP contribution in [0.3, 0.4) is 0 Å². The third kappa shape index (κ3) is 8.10. The van der Waals surface area contributed by atoms with Crippen LogP contribution in [0.15, 0.2) is 11.2 Å². The van der Waals surface area contributed by atoms with E-state index in [1.54, 1.807) is 0 Å². The van der Waals surface area contributed by atoms with Crippen molar-refractivity contribution in [3.8, 4) is 0 Å². The van der Waals surface area contributed by atoms with E-state index in [4.69, 9.17) is 13.9 Å². The highest BCUT2D eigenvalue weighted by atomic mass is 32.2. The summed E-state index contributed by atoms with van der Waals surface area (Å²) in [4.78, 5) is 0. The molecular formula is C18H36O3SSi. The Hall–Kier alpha value is 0.0269. The van der Waals surface area contributed by atoms with Gasteiger partial charge in [-0.15, -0.1) is 0 Å². The molecular weight excluding hydrogens is 324 g/mol. The van der Waals surface area contributed by atoms with Gasteiger partial charge in [-0.25, -0.2) is 0 Å². The van der Waals surface area contributed by atoms with Crippen molar-refractivity contribution in [2.24, 2.45) is 0 Å². The quantitative estimate of drug-likeness (QED) is 0.434. The average molecular weight is 361 g/mol. The number of hydrogen-bond donors (Lipinski definition) is 0. The Kier molecular flexibility index (Phi) is 6.51. The van der Waals surface area contributed by atoms with Crippen LogP contribution in [-0.4, -0.2) is 30.6 Å². The molecule has 0 bridgehead atoms. The zero-order valence-corrected chi connectivity index (χ0v) is 18.5. The lowest BCUT2D eigenvalue weighted by Gasteiger charge is -2.27. The SMILES string of the molecule is CC1(C)O[C@@H](CC/C=C(/O[Si](C)(C)C)SC(C)(C)C)C(C)(C)O1. The summed E-state index contributed by atoms with van der Waals surface area (Å²) >= 11 is 1.81. The summed E-state index contributed by atoms with van der Waals surface area (Å²) in [5.74, 6) is -0.490. The van der Waals surface area contributed by atoms with Gasteiger partial charge in [-0.1, -0.05) is 32.5 Å². The van der Waals surface area contributed by atoms with Gasteiger partial charge in [0, 0.05) is 4.75 Å². The summed E-state index contributed by atoms with van der Waals surface area (Å²) in [6, 6.07) is 0. The van der Waals surface area contributed by atoms with Crippen LogP contribution in [0.1, 0.15) is 61.3 Å². The fourth-order valence-corrected chi connectivity index (χ4v) is 5.08. The van der Waals surface area contributed by atoms with E-state index in [1.165, 1.54) is 0 Å². The van der Waals surface area contributed by atoms with Crippen LogP contribution in [0.25, 0.3) is 0 Å². The molecule has 0 aromatic carbocycles. The third-order valence-electron chi connectivity index (χ3n) is 3.26. The molecule has 1 saturated heterocycles. The molecule has 0 aromatic rings. The average Bonchev–Trinajstić information content (AvgIpc) is 2.41. The van der Waals surface area contributed by atoms with Crippen molar-refractivity contribution in [3.05, 3.63) is 11.2 Å². The number of hydrogen-bond acceptors (Lipinski definition) is 4. The van der Waals surface area contributed by atoms with Crippen LogP contribution in [0.2, 0.25) is 19.6 Å². The first-order valence-electron chi connectivity index (χ1n) is 8.56. The van der Waals surface area contributed by atoms with Crippen LogP contribution in [0.4, 0.5) is 0 Å². The van der Waals surface area contributed by atoms with Crippen molar-refractivity contribution >= 4 is 20.1 Å². The van der Waals surface area contributed by atoms with Gasteiger partial charge >= 0.3 is 0 Å². The van der Waals surface area contributed by atoms with Crippen LogP contribution >= 0.6 is 11.8 Å². The highest BCUT2D eigenvalue weighted by Crippen LogP contribution is 2.39. The molecule has 3 nitrogen and oxygen atoms in total. The Morgan fingerprint density at radius 2 is 1.74 bits per heavy atom. The molecule has 1 fully saturated rings. The molecule has 1 atom stereocenters. The van der Waals surface area contributed by atoms with E-state index in [9.17, 15) is 0 Å². The van der Waals surface area contributed by atoms with E-state index in [1.807, 2.05) is 25.6 Å². The van der Waals surface area contributed by atoms with E-state index >= 15 is 0 Å². The van der Waals surface area contributed by atoms with Gasteiger partial charge in [0.15, 0.2) is 5.79 Å². The van der Waals surface area contributed by atoms with E-state index in [-0.39, 0.29) is 16.5 Å². The van der Waals surface area contributed by atoms with Gasteiger partial charge in [-0.2, -0.15) is 0 Å². The molecule has 5 heteroatoms. The van der Waals surface area contributed by atoms with Crippen molar-refractivity contribution in [2.75, 3.05) is 0 Å². The molecule has 0 N–H and O–H groups in total. The normalized spacial score (nSPS) is 24.8. The second-order valence-corrected chi connectivity index (χ2v) is 15.5. The number of ether oxygens (including phenoxy) is 2. The van der Waals surface area contributed by atoms with Crippen LogP contribution in [0, 0.1) is 0 Å². The maximum absolute atomic E-state index is 6.26. The Bertz CT molecular complexity index is 413. The second kappa shape index (κ2) is 7.10. The molecule has 0 spiro atoms. The van der Waals surface area contributed by atoms with Crippen LogP contribution in [-0.2, 0) is 13.9 Å². The van der Waals surface area contributed by atoms with Gasteiger partial charge in [0.05, 0.1) is 11.7 Å². The maximum Gasteiger partial charge on any atom is 0.242 e. The van der Waals surface area contributed by atoms with Gasteiger partial charge in [0.25, 0.3) is 0 Å². The lowest BCUT2D eigenvalue weighted by molar-refractivity contribution is -0.157. The topological polar surface area (TPSA) is 27.7 Å². The Morgan fingerprint density at radius 1 is 1.17 bits per heavy atom. The van der Waals surface area contributed by atoms with Crippen molar-refractivity contribution < 1.29 is 13.9 Å². The van der Waals surface area contributed by atoms with Gasteiger partial charge in [0.2, 0.25) is 8.32 Å². The number of thioether (sulfide) groups is 1. The van der Waals surface area contributed by atoms with Gasteiger partial charge in [-0.3, -0.25) is 0 Å². The zero-order valence-electron chi connectivity index (χ0n) is 16.7. The van der Waals surface area contributed by atoms with E-state index < -0.39 is 14.1 Å². The fraction of sp³-hybridized carbons (Fsp3) is 0.889. The monoisotopic (exact) mass is 360 g/mol. The fourth-order valence-electron chi connectivity index (χ4n) is 2.67. The molecule has 136 valence electrons. The smallest absolute Gasteiger partial charge is 0.242 e. The first-order valence-corrected chi connectivity index (χ1v) is 12.8. The molecule has 0 saturated carbocycles. The van der Waals surface area contributed by atoms with Crippen molar-refractivity contribution in [2.45, 2.75) is 103 Å². The minimum Gasteiger partial charge on any atom is -0.540 e. The Balaban J connectivity index is 2.70. The van der Waals surface area contributed by atoms with Crippen molar-refractivity contribution in [1.82, 2.24) is 0 Å². The summed E-state index contributed by atoms with van der Waals surface area (Å²) in [7, 11) is -1.60. The lowest BCUT2D eigenvalue weighted by atomic mass is 9.98. The van der Waals surface area contributed by atoms with Gasteiger partial charge < -0.3 is 13.9 Å². The van der Waals surface area contributed by atoms with Gasteiger partial charge in [-0.05, 0) is 66.3 Å². The standard InChI is InChI=1S/C18H36O3SSi/c1-16(2,3)22-15(20-23(8,9)10)13-11-12-14-17(4,5)21-18(6,7)19-14/h13-14H,11-12H2,1-10H3/b15-13-/t14-/m0/s1. The van der Waals surface area contributed by atoms with Crippen LogP contribution < -0.4 is 0 Å². The number of rotatable bonds is 6. The van der Waals surface area contributed by atoms with E-state index in [2.05, 4.69) is 60.3 Å². The summed E-state index contributed by atoms with van der Waals surface area (Å²) in [6.45, 7) is 21.5. The number of allylic oxidation sites excluding steroid dienone is 1. The molecule has 0 amide bonds. The largest absolute Gasteiger partial charge is 0.540 e. The van der Waals surface area contributed by atoms with Crippen LogP contribution in [0.5, 0.6) is 0 Å². The minimum atomic E-state index is -1.60. The first kappa shape index (κ1) is 21.1. The molecule has 1 aliphatic heterocycles. The lowest BCUT2D eigenvalue weighted by Crippen LogP contribution is -2.33. The van der Waals surface area contributed by atoms with Gasteiger partial charge in [0.1, 0.15) is 5.09 Å². The summed E-state index contributed by atoms with van der Waals surface area (Å²) in [5, 5.41) is 1.06. The van der Waals surface area contributed by atoms with E-state index in [0.29, 0.717) is 0 Å². The molecule has 23 heavy (non-hydrogen) atoms. The summed E-state index contributed by atoms with van der Waals surface area (Å²) in [5.41, 5.74) is -0.242. The molecule has 1 heterocycles. The Morgan fingerprint density at radius 3 is 2.13 bits per heavy atom. The molecule has 0 aromatic heterocycles. The highest BCUT2D eigenvalue weighted by Gasteiger charge is 2.46. The van der Waals surface area contributed by atoms with E-state index in [0.717, 1.165) is 17.9 Å². The van der Waals surface area contributed by atoms with Crippen molar-refractivity contribution in [1.29, 1.82) is 0 Å². The minimum absolute atomic E-state index is 0.113. The summed E-state index contributed by atoms with van der Waals surface area (Å²) in [6.07, 6.45) is 4.23. The molecule has 0 radical (unpaired) electrons. The Labute approximate surface area is 148 Å². The maximum atomic E-state index is 6.26. The second-order valence-electron chi connectivity index (χ2n) is 9.24. The summed E-state index contributed by atoms with van der Waals surface area (Å²) < 4.78 is 18.5. The predicted molar refractivity (Wildman–Crippen MR) is 103 cm³/mol. The molecule has 0 unspecified atom stereocenters. The van der Waals surface area contributed by atoms with Crippen molar-refractivity contribution in [3.63, 3.8) is 0 Å². The highest BCUT2D eigenvalue weighted by molar-refractivity contribution is 8.04. The zero-order chi connectivity index (χ0) is 18.1. The molecule has 1 rings (SSSR count). The third-order valence-corrected chi connectivity index (χ3v) is 5.31. The predicted octanol–water partition coefficient (Wildman–Crippen LogP) is 5.92. The molecule has 1 aliphatic rings. The molecule has 0 aliphatic carbocycles.